The molecule has 1 amide bonds. The number of nitrogens with zero attached hydrogens (tertiary/aromatic N) is 3. The quantitative estimate of drug-likeness (QED) is 0.113. The molecule has 0 aliphatic rings. The minimum atomic E-state index is -1.26. The summed E-state index contributed by atoms with van der Waals surface area (Å²) < 4.78 is 26.0. The molecule has 0 radical (unpaired) electrons. The first-order chi connectivity index (χ1) is 23.6. The van der Waals surface area contributed by atoms with Gasteiger partial charge in [-0.1, -0.05) is 66.7 Å². The number of carbonyl (C=O) groups excluding carboxylic acids is 1. The van der Waals surface area contributed by atoms with Crippen LogP contribution in [0, 0.1) is 0 Å². The number of nitrogens with one attached hydrogen (secondary N) is 2. The summed E-state index contributed by atoms with van der Waals surface area (Å²) in [6.45, 7) is 2.58. The first kappa shape index (κ1) is 33.0. The molecule has 0 bridgehead atoms. The Labute approximate surface area is 280 Å². The summed E-state index contributed by atoms with van der Waals surface area (Å²) in [6, 6.07) is 32.4. The Hall–Kier alpha value is -4.97. The van der Waals surface area contributed by atoms with Gasteiger partial charge in [-0.25, -0.2) is 4.98 Å². The van der Waals surface area contributed by atoms with Gasteiger partial charge in [-0.3, -0.25) is 13.8 Å². The number of para-hydroxylation sites is 3. The molecule has 2 N–H and O–H groups in total. The number of amides is 1. The molecule has 2 aromatic heterocycles. The molecule has 0 fully saturated rings. The number of hydrogen-bond acceptors (Lipinski definition) is 8. The van der Waals surface area contributed by atoms with Gasteiger partial charge in [0.25, 0.3) is 5.56 Å². The van der Waals surface area contributed by atoms with Crippen LogP contribution in [-0.4, -0.2) is 69.9 Å². The average molecular weight is 664 g/mol. The summed E-state index contributed by atoms with van der Waals surface area (Å²) in [4.78, 5) is 35.4. The molecule has 2 heterocycles. The fourth-order valence-corrected chi connectivity index (χ4v) is 6.64. The van der Waals surface area contributed by atoms with Crippen LogP contribution in [0.4, 0.5) is 5.69 Å². The van der Waals surface area contributed by atoms with Crippen LogP contribution in [0.15, 0.2) is 113 Å². The molecule has 48 heavy (non-hydrogen) atoms. The molecular formula is C37H37N5O5S. The van der Waals surface area contributed by atoms with Crippen molar-refractivity contribution in [3.8, 4) is 0 Å². The summed E-state index contributed by atoms with van der Waals surface area (Å²) in [6.07, 6.45) is 0.281. The first-order valence-corrected chi connectivity index (χ1v) is 17.3. The van der Waals surface area contributed by atoms with Crippen molar-refractivity contribution in [3.63, 3.8) is 0 Å². The molecule has 1 atom stereocenters. The average Bonchev–Trinajstić information content (AvgIpc) is 3.12. The van der Waals surface area contributed by atoms with E-state index in [-0.39, 0.29) is 30.2 Å². The Balaban J connectivity index is 0.939. The second kappa shape index (κ2) is 16.2. The summed E-state index contributed by atoms with van der Waals surface area (Å²) >= 11 is 0. The van der Waals surface area contributed by atoms with E-state index < -0.39 is 10.8 Å². The minimum Gasteiger partial charge on any atom is -0.382 e. The van der Waals surface area contributed by atoms with Crippen molar-refractivity contribution in [1.82, 2.24) is 19.9 Å². The summed E-state index contributed by atoms with van der Waals surface area (Å²) in [5, 5.41) is 8.97. The van der Waals surface area contributed by atoms with Crippen molar-refractivity contribution in [2.24, 2.45) is 0 Å². The van der Waals surface area contributed by atoms with Crippen LogP contribution < -0.4 is 16.2 Å². The Morgan fingerprint density at radius 3 is 2.02 bits per heavy atom. The highest BCUT2D eigenvalue weighted by molar-refractivity contribution is 7.85. The van der Waals surface area contributed by atoms with Crippen LogP contribution in [0.2, 0.25) is 0 Å². The maximum atomic E-state index is 13.0. The lowest BCUT2D eigenvalue weighted by atomic mass is 10.1. The zero-order valence-electron chi connectivity index (χ0n) is 26.5. The number of benzene rings is 4. The number of aromatic nitrogens is 3. The van der Waals surface area contributed by atoms with E-state index in [1.807, 2.05) is 72.8 Å². The van der Waals surface area contributed by atoms with E-state index in [2.05, 4.69) is 27.8 Å². The van der Waals surface area contributed by atoms with Gasteiger partial charge in [0, 0.05) is 40.9 Å². The van der Waals surface area contributed by atoms with E-state index in [4.69, 9.17) is 14.5 Å². The monoisotopic (exact) mass is 663 g/mol. The number of hydrogen-bond donors (Lipinski definition) is 2. The van der Waals surface area contributed by atoms with Crippen molar-refractivity contribution in [3.05, 3.63) is 119 Å². The molecule has 1 unspecified atom stereocenters. The third kappa shape index (κ3) is 8.11. The molecule has 6 aromatic rings. The Bertz CT molecular complexity index is 2050. The number of ether oxygens (including phenoxy) is 2. The van der Waals surface area contributed by atoms with Gasteiger partial charge in [-0.15, -0.1) is 0 Å². The number of rotatable bonds is 16. The van der Waals surface area contributed by atoms with Gasteiger partial charge < -0.3 is 24.7 Å². The van der Waals surface area contributed by atoms with Gasteiger partial charge in [0.2, 0.25) is 5.91 Å². The van der Waals surface area contributed by atoms with Gasteiger partial charge in [-0.05, 0) is 36.4 Å². The van der Waals surface area contributed by atoms with Crippen molar-refractivity contribution < 1.29 is 18.5 Å². The normalized spacial score (nSPS) is 12.0. The lowest BCUT2D eigenvalue weighted by molar-refractivity contribution is -0.121. The Morgan fingerprint density at radius 2 is 1.31 bits per heavy atom. The number of carbonyl (C=O) groups is 1. The van der Waals surface area contributed by atoms with Crippen LogP contribution >= 0.6 is 0 Å². The maximum absolute atomic E-state index is 13.0. The standard InChI is InChI=1S/C37H37N5O5S/c43-35(26-42-33-17-9-6-14-30(33)37(44)41-34(42)18-25-48(45)27-10-2-1-3-11-27)38-19-21-46-23-24-47-22-20-39-36-28-12-4-7-15-31(28)40-32-16-8-5-13-29(32)36/h1-17H,18-26H2,(H,38,43)(H,39,40). The number of fused-ring (bicyclic) bond motifs is 3. The van der Waals surface area contributed by atoms with E-state index in [1.165, 1.54) is 0 Å². The lowest BCUT2D eigenvalue weighted by Crippen LogP contribution is -2.33. The maximum Gasteiger partial charge on any atom is 0.280 e. The van der Waals surface area contributed by atoms with Gasteiger partial charge in [0.1, 0.15) is 12.4 Å². The molecule has 0 aliphatic carbocycles. The number of anilines is 1. The lowest BCUT2D eigenvalue weighted by Gasteiger charge is -2.16. The Kier molecular flexibility index (Phi) is 11.1. The largest absolute Gasteiger partial charge is 0.382 e. The van der Waals surface area contributed by atoms with Crippen LogP contribution in [0.5, 0.6) is 0 Å². The first-order valence-electron chi connectivity index (χ1n) is 15.9. The predicted molar refractivity (Wildman–Crippen MR) is 190 cm³/mol. The molecule has 0 aliphatic heterocycles. The highest BCUT2D eigenvalue weighted by Gasteiger charge is 2.15. The Morgan fingerprint density at radius 1 is 0.708 bits per heavy atom. The summed E-state index contributed by atoms with van der Waals surface area (Å²) in [7, 11) is -1.26. The smallest absolute Gasteiger partial charge is 0.280 e. The van der Waals surface area contributed by atoms with E-state index in [0.717, 1.165) is 27.5 Å². The van der Waals surface area contributed by atoms with Crippen molar-refractivity contribution in [2.45, 2.75) is 17.9 Å². The van der Waals surface area contributed by atoms with Crippen LogP contribution in [-0.2, 0) is 38.0 Å². The third-order valence-electron chi connectivity index (χ3n) is 7.86. The minimum absolute atomic E-state index is 0.0285. The zero-order valence-corrected chi connectivity index (χ0v) is 27.3. The molecular weight excluding hydrogens is 627 g/mol. The molecule has 6 rings (SSSR count). The highest BCUT2D eigenvalue weighted by Crippen LogP contribution is 2.30. The fourth-order valence-electron chi connectivity index (χ4n) is 5.57. The van der Waals surface area contributed by atoms with E-state index in [1.54, 1.807) is 22.8 Å². The number of aryl methyl sites for hydroxylation is 1. The predicted octanol–water partition coefficient (Wildman–Crippen LogP) is 4.71. The molecule has 10 nitrogen and oxygen atoms in total. The molecule has 11 heteroatoms. The molecule has 0 saturated heterocycles. The molecule has 4 aromatic carbocycles. The highest BCUT2D eigenvalue weighted by atomic mass is 32.2. The summed E-state index contributed by atoms with van der Waals surface area (Å²) in [5.41, 5.74) is 3.18. The van der Waals surface area contributed by atoms with Gasteiger partial charge in [0.15, 0.2) is 0 Å². The fraction of sp³-hybridized carbons (Fsp3) is 0.243. The van der Waals surface area contributed by atoms with Gasteiger partial charge in [-0.2, -0.15) is 4.98 Å². The van der Waals surface area contributed by atoms with E-state index >= 15 is 0 Å². The number of pyridine rings is 1. The third-order valence-corrected chi connectivity index (χ3v) is 9.24. The second-order valence-corrected chi connectivity index (χ2v) is 12.6. The molecule has 246 valence electrons. The zero-order chi connectivity index (χ0) is 33.1. The van der Waals surface area contributed by atoms with Crippen molar-refractivity contribution in [2.75, 3.05) is 50.6 Å². The van der Waals surface area contributed by atoms with Gasteiger partial charge in [0.05, 0.1) is 64.9 Å². The van der Waals surface area contributed by atoms with Crippen molar-refractivity contribution in [1.29, 1.82) is 0 Å². The van der Waals surface area contributed by atoms with E-state index in [0.29, 0.717) is 61.1 Å². The SMILES string of the molecule is O=C(Cn1c(CCS(=O)c2ccccc2)nc(=O)c2ccccc21)NCCOCCOCCNc1c2ccccc2nc2ccccc12. The van der Waals surface area contributed by atoms with Crippen LogP contribution in [0.3, 0.4) is 0 Å². The topological polar surface area (TPSA) is 124 Å². The van der Waals surface area contributed by atoms with Crippen LogP contribution in [0.25, 0.3) is 32.7 Å². The molecule has 0 spiro atoms. The van der Waals surface area contributed by atoms with Crippen molar-refractivity contribution >= 4 is 55.1 Å². The van der Waals surface area contributed by atoms with Crippen LogP contribution in [0.1, 0.15) is 5.82 Å². The van der Waals surface area contributed by atoms with Gasteiger partial charge >= 0.3 is 0 Å². The van der Waals surface area contributed by atoms with E-state index in [9.17, 15) is 13.8 Å². The second-order valence-electron chi connectivity index (χ2n) is 11.1. The summed E-state index contributed by atoms with van der Waals surface area (Å²) in [5.74, 6) is 0.462. The molecule has 0 saturated carbocycles.